The average molecular weight is 404 g/mol. The molecule has 2 N–H and O–H groups in total. The lowest BCUT2D eigenvalue weighted by molar-refractivity contribution is -0.135. The van der Waals surface area contributed by atoms with Crippen LogP contribution in [-0.4, -0.2) is 27.3 Å². The minimum absolute atomic E-state index is 0.116. The first-order valence-electron chi connectivity index (χ1n) is 10.3. The fourth-order valence-electron chi connectivity index (χ4n) is 4.07. The molecule has 5 nitrogen and oxygen atoms in total. The van der Waals surface area contributed by atoms with Gasteiger partial charge in [-0.3, -0.25) is 4.79 Å². The van der Waals surface area contributed by atoms with Gasteiger partial charge in [-0.15, -0.1) is 0 Å². The number of benzene rings is 2. The van der Waals surface area contributed by atoms with E-state index in [0.717, 1.165) is 41.6 Å². The Balaban J connectivity index is 1.61. The van der Waals surface area contributed by atoms with Crippen LogP contribution in [-0.2, 0) is 11.2 Å². The number of nitrogen functional groups attached to an aromatic ring is 1. The second-order valence-electron chi connectivity index (χ2n) is 7.62. The van der Waals surface area contributed by atoms with E-state index in [0.29, 0.717) is 19.4 Å². The molecule has 1 aromatic heterocycles. The number of aromatic nitrogens is 2. The zero-order chi connectivity index (χ0) is 20.9. The van der Waals surface area contributed by atoms with Crippen molar-refractivity contribution in [1.29, 1.82) is 0 Å². The maximum absolute atomic E-state index is 13.4. The van der Waals surface area contributed by atoms with Gasteiger partial charge < -0.3 is 10.6 Å². The highest BCUT2D eigenvalue weighted by atomic mass is 19.1. The van der Waals surface area contributed by atoms with Crippen LogP contribution in [0.2, 0.25) is 0 Å². The minimum Gasteiger partial charge on any atom is -0.368 e. The van der Waals surface area contributed by atoms with E-state index in [2.05, 4.69) is 9.97 Å². The number of nitrogens with zero attached hydrogens (tertiary/aromatic N) is 3. The molecule has 0 aliphatic carbocycles. The number of nitrogens with two attached hydrogens (primary N) is 1. The van der Waals surface area contributed by atoms with Gasteiger partial charge in [0, 0.05) is 24.7 Å². The Hall–Kier alpha value is -3.28. The van der Waals surface area contributed by atoms with E-state index in [1.165, 1.54) is 12.1 Å². The lowest BCUT2D eigenvalue weighted by Crippen LogP contribution is -2.39. The number of halogens is 1. The quantitative estimate of drug-likeness (QED) is 0.677. The van der Waals surface area contributed by atoms with Crippen LogP contribution in [0.25, 0.3) is 11.1 Å². The largest absolute Gasteiger partial charge is 0.368 e. The molecule has 4 rings (SSSR count). The number of hydrogen-bond acceptors (Lipinski definition) is 4. The van der Waals surface area contributed by atoms with Gasteiger partial charge in [0.25, 0.3) is 0 Å². The Morgan fingerprint density at radius 1 is 1.10 bits per heavy atom. The molecule has 6 heteroatoms. The summed E-state index contributed by atoms with van der Waals surface area (Å²) < 4.78 is 13.4. The van der Waals surface area contributed by atoms with Crippen molar-refractivity contribution in [2.75, 3.05) is 12.3 Å². The van der Waals surface area contributed by atoms with Gasteiger partial charge in [0.2, 0.25) is 11.9 Å². The van der Waals surface area contributed by atoms with Crippen molar-refractivity contribution in [3.63, 3.8) is 0 Å². The normalized spacial score (nSPS) is 16.4. The molecule has 1 amide bonds. The molecule has 0 spiro atoms. The van der Waals surface area contributed by atoms with E-state index in [-0.39, 0.29) is 23.7 Å². The molecule has 30 heavy (non-hydrogen) atoms. The zero-order valence-corrected chi connectivity index (χ0v) is 16.8. The first-order chi connectivity index (χ1) is 14.6. The van der Waals surface area contributed by atoms with Gasteiger partial charge in [-0.05, 0) is 48.9 Å². The highest BCUT2D eigenvalue weighted by Gasteiger charge is 2.31. The number of hydrogen-bond donors (Lipinski definition) is 1. The summed E-state index contributed by atoms with van der Waals surface area (Å²) >= 11 is 0. The topological polar surface area (TPSA) is 72.1 Å². The summed E-state index contributed by atoms with van der Waals surface area (Å²) in [6.07, 6.45) is 5.64. The number of carbonyl (C=O) groups is 1. The lowest BCUT2D eigenvalue weighted by atomic mass is 9.93. The Morgan fingerprint density at radius 2 is 1.87 bits per heavy atom. The highest BCUT2D eigenvalue weighted by Crippen LogP contribution is 2.36. The first kappa shape index (κ1) is 20.0. The summed E-state index contributed by atoms with van der Waals surface area (Å²) in [6, 6.07) is 16.1. The lowest BCUT2D eigenvalue weighted by Gasteiger charge is -2.36. The second kappa shape index (κ2) is 9.03. The third kappa shape index (κ3) is 4.48. The maximum atomic E-state index is 13.4. The Morgan fingerprint density at radius 3 is 2.63 bits per heavy atom. The Kier molecular flexibility index (Phi) is 6.02. The van der Waals surface area contributed by atoms with Crippen LogP contribution in [0, 0.1) is 5.82 Å². The monoisotopic (exact) mass is 404 g/mol. The van der Waals surface area contributed by atoms with Crippen molar-refractivity contribution in [3.8, 4) is 11.1 Å². The molecule has 0 unspecified atom stereocenters. The smallest absolute Gasteiger partial charge is 0.223 e. The SMILES string of the molecule is Nc1ncc(-c2ccc(F)cc2)c([C@@H]2CCCCN2C(=O)CCc2ccccc2)n1. The summed E-state index contributed by atoms with van der Waals surface area (Å²) in [5.74, 6) is -0.00374. The summed E-state index contributed by atoms with van der Waals surface area (Å²) in [4.78, 5) is 23.7. The predicted molar refractivity (Wildman–Crippen MR) is 115 cm³/mol. The number of likely N-dealkylation sites (tertiary alicyclic amines) is 1. The van der Waals surface area contributed by atoms with Crippen LogP contribution in [0.3, 0.4) is 0 Å². The number of carbonyl (C=O) groups excluding carboxylic acids is 1. The predicted octanol–water partition coefficient (Wildman–Crippen LogP) is 4.55. The summed E-state index contributed by atoms with van der Waals surface area (Å²) in [6.45, 7) is 0.699. The highest BCUT2D eigenvalue weighted by molar-refractivity contribution is 5.78. The van der Waals surface area contributed by atoms with Crippen LogP contribution in [0.1, 0.15) is 43.0 Å². The van der Waals surface area contributed by atoms with Gasteiger partial charge in [-0.1, -0.05) is 42.5 Å². The molecule has 154 valence electrons. The molecule has 1 aliphatic rings. The standard InChI is InChI=1S/C24H25FN4O/c25-19-12-10-18(11-13-19)20-16-27-24(26)28-23(20)21-8-4-5-15-29(21)22(30)14-9-17-6-2-1-3-7-17/h1-3,6-7,10-13,16,21H,4-5,8-9,14-15H2,(H2,26,27,28)/t21-/m0/s1. The fourth-order valence-corrected chi connectivity index (χ4v) is 4.07. The van der Waals surface area contributed by atoms with Crippen molar-refractivity contribution >= 4 is 11.9 Å². The molecule has 0 radical (unpaired) electrons. The maximum Gasteiger partial charge on any atom is 0.223 e. The van der Waals surface area contributed by atoms with Gasteiger partial charge >= 0.3 is 0 Å². The molecule has 2 aromatic carbocycles. The molecule has 3 aromatic rings. The van der Waals surface area contributed by atoms with E-state index >= 15 is 0 Å². The van der Waals surface area contributed by atoms with Crippen molar-refractivity contribution in [2.45, 2.75) is 38.1 Å². The molecule has 1 saturated heterocycles. The number of piperidine rings is 1. The van der Waals surface area contributed by atoms with Crippen LogP contribution in [0.4, 0.5) is 10.3 Å². The van der Waals surface area contributed by atoms with Gasteiger partial charge in [0.15, 0.2) is 0 Å². The van der Waals surface area contributed by atoms with E-state index in [1.807, 2.05) is 35.2 Å². The molecular weight excluding hydrogens is 379 g/mol. The number of aryl methyl sites for hydroxylation is 1. The van der Waals surface area contributed by atoms with Gasteiger partial charge in [0.05, 0.1) is 11.7 Å². The van der Waals surface area contributed by atoms with Crippen molar-refractivity contribution < 1.29 is 9.18 Å². The molecule has 1 atom stereocenters. The van der Waals surface area contributed by atoms with Gasteiger partial charge in [0.1, 0.15) is 5.82 Å². The molecule has 0 bridgehead atoms. The van der Waals surface area contributed by atoms with Crippen molar-refractivity contribution in [1.82, 2.24) is 14.9 Å². The van der Waals surface area contributed by atoms with E-state index in [4.69, 9.17) is 5.73 Å². The molecule has 2 heterocycles. The molecule has 1 aliphatic heterocycles. The van der Waals surface area contributed by atoms with Crippen molar-refractivity contribution in [3.05, 3.63) is 77.9 Å². The summed E-state index contributed by atoms with van der Waals surface area (Å²) in [5, 5.41) is 0. The first-order valence-corrected chi connectivity index (χ1v) is 10.3. The number of amides is 1. The zero-order valence-electron chi connectivity index (χ0n) is 16.8. The average Bonchev–Trinajstić information content (AvgIpc) is 2.79. The van der Waals surface area contributed by atoms with Gasteiger partial charge in [-0.25, -0.2) is 14.4 Å². The van der Waals surface area contributed by atoms with Crippen LogP contribution < -0.4 is 5.73 Å². The van der Waals surface area contributed by atoms with E-state index < -0.39 is 0 Å². The Bertz CT molecular complexity index is 1010. The summed E-state index contributed by atoms with van der Waals surface area (Å²) in [7, 11) is 0. The minimum atomic E-state index is -0.299. The van der Waals surface area contributed by atoms with Crippen LogP contribution in [0.15, 0.2) is 60.8 Å². The van der Waals surface area contributed by atoms with E-state index in [9.17, 15) is 9.18 Å². The molecular formula is C24H25FN4O. The number of rotatable bonds is 5. The fraction of sp³-hybridized carbons (Fsp3) is 0.292. The Labute approximate surface area is 175 Å². The molecule has 1 fully saturated rings. The van der Waals surface area contributed by atoms with Crippen LogP contribution >= 0.6 is 0 Å². The second-order valence-corrected chi connectivity index (χ2v) is 7.62. The summed E-state index contributed by atoms with van der Waals surface area (Å²) in [5.41, 5.74) is 9.40. The third-order valence-electron chi connectivity index (χ3n) is 5.60. The number of anilines is 1. The van der Waals surface area contributed by atoms with E-state index in [1.54, 1.807) is 18.3 Å². The van der Waals surface area contributed by atoms with Crippen LogP contribution in [0.5, 0.6) is 0 Å². The van der Waals surface area contributed by atoms with Gasteiger partial charge in [-0.2, -0.15) is 0 Å². The van der Waals surface area contributed by atoms with Crippen molar-refractivity contribution in [2.24, 2.45) is 0 Å². The third-order valence-corrected chi connectivity index (χ3v) is 5.60. The molecule has 0 saturated carbocycles.